The van der Waals surface area contributed by atoms with Gasteiger partial charge in [-0.25, -0.2) is 5.43 Å². The predicted octanol–water partition coefficient (Wildman–Crippen LogP) is 4.03. The van der Waals surface area contributed by atoms with Crippen LogP contribution in [0.15, 0.2) is 28.1 Å². The molecule has 0 radical (unpaired) electrons. The number of benzene rings is 1. The SMILES string of the molecule is COc1cc(C(NN)c2cc(C)c(Br)s2)ccc1Cl. The van der Waals surface area contributed by atoms with Gasteiger partial charge in [-0.3, -0.25) is 5.84 Å². The van der Waals surface area contributed by atoms with Crippen molar-refractivity contribution < 1.29 is 4.74 Å². The normalized spacial score (nSPS) is 12.5. The fourth-order valence-electron chi connectivity index (χ4n) is 1.82. The molecule has 0 aliphatic heterocycles. The standard InChI is InChI=1S/C13H14BrClN2OS/c1-7-5-11(19-13(7)14)12(17-16)8-3-4-9(15)10(6-8)18-2/h3-6,12,17H,16H2,1-2H3. The largest absolute Gasteiger partial charge is 0.495 e. The third-order valence-corrected chi connectivity index (χ3v) is 5.35. The van der Waals surface area contributed by atoms with Crippen LogP contribution in [-0.2, 0) is 0 Å². The van der Waals surface area contributed by atoms with E-state index in [1.807, 2.05) is 18.2 Å². The molecule has 1 heterocycles. The third kappa shape index (κ3) is 3.12. The maximum atomic E-state index is 6.04. The number of hydrogen-bond acceptors (Lipinski definition) is 4. The average molecular weight is 362 g/mol. The van der Waals surface area contributed by atoms with Crippen LogP contribution in [0.5, 0.6) is 5.75 Å². The quantitative estimate of drug-likeness (QED) is 0.638. The zero-order valence-corrected chi connectivity index (χ0v) is 13.7. The summed E-state index contributed by atoms with van der Waals surface area (Å²) < 4.78 is 6.35. The van der Waals surface area contributed by atoms with Crippen molar-refractivity contribution in [3.8, 4) is 5.75 Å². The van der Waals surface area contributed by atoms with Crippen molar-refractivity contribution in [3.63, 3.8) is 0 Å². The molecule has 0 saturated heterocycles. The molecule has 1 unspecified atom stereocenters. The Morgan fingerprint density at radius 1 is 1.42 bits per heavy atom. The first-order chi connectivity index (χ1) is 9.06. The topological polar surface area (TPSA) is 47.3 Å². The van der Waals surface area contributed by atoms with Crippen molar-refractivity contribution in [2.45, 2.75) is 13.0 Å². The number of methoxy groups -OCH3 is 1. The van der Waals surface area contributed by atoms with Gasteiger partial charge in [0, 0.05) is 4.88 Å². The monoisotopic (exact) mass is 360 g/mol. The first-order valence-corrected chi connectivity index (χ1v) is 7.61. The van der Waals surface area contributed by atoms with Gasteiger partial charge in [-0.2, -0.15) is 0 Å². The Kier molecular flexibility index (Phi) is 4.86. The summed E-state index contributed by atoms with van der Waals surface area (Å²) in [6.45, 7) is 2.06. The van der Waals surface area contributed by atoms with Crippen molar-refractivity contribution in [1.82, 2.24) is 5.43 Å². The lowest BCUT2D eigenvalue weighted by Gasteiger charge is -2.16. The molecule has 2 rings (SSSR count). The third-order valence-electron chi connectivity index (χ3n) is 2.84. The van der Waals surface area contributed by atoms with Gasteiger partial charge in [0.2, 0.25) is 0 Å². The van der Waals surface area contributed by atoms with E-state index in [2.05, 4.69) is 34.3 Å². The average Bonchev–Trinajstić information content (AvgIpc) is 2.72. The Morgan fingerprint density at radius 2 is 2.16 bits per heavy atom. The molecule has 0 aliphatic rings. The van der Waals surface area contributed by atoms with Crippen LogP contribution in [0.2, 0.25) is 5.02 Å². The Morgan fingerprint density at radius 3 is 2.68 bits per heavy atom. The van der Waals surface area contributed by atoms with Crippen LogP contribution < -0.4 is 16.0 Å². The van der Waals surface area contributed by atoms with Crippen LogP contribution in [-0.4, -0.2) is 7.11 Å². The maximum absolute atomic E-state index is 6.04. The highest BCUT2D eigenvalue weighted by molar-refractivity contribution is 9.11. The molecule has 0 fully saturated rings. The highest BCUT2D eigenvalue weighted by Gasteiger charge is 2.17. The van der Waals surface area contributed by atoms with E-state index in [0.29, 0.717) is 10.8 Å². The minimum Gasteiger partial charge on any atom is -0.495 e. The lowest BCUT2D eigenvalue weighted by Crippen LogP contribution is -2.28. The van der Waals surface area contributed by atoms with Gasteiger partial charge in [-0.05, 0) is 52.2 Å². The molecular formula is C13H14BrClN2OS. The number of nitrogens with two attached hydrogens (primary N) is 1. The molecule has 0 saturated carbocycles. The van der Waals surface area contributed by atoms with Gasteiger partial charge in [-0.1, -0.05) is 17.7 Å². The van der Waals surface area contributed by atoms with E-state index in [1.54, 1.807) is 18.4 Å². The second-order valence-corrected chi connectivity index (χ2v) is 6.91. The zero-order chi connectivity index (χ0) is 14.0. The molecule has 0 aliphatic carbocycles. The number of aryl methyl sites for hydroxylation is 1. The van der Waals surface area contributed by atoms with Crippen molar-refractivity contribution in [2.24, 2.45) is 5.84 Å². The smallest absolute Gasteiger partial charge is 0.137 e. The number of thiophene rings is 1. The number of rotatable bonds is 4. The molecular weight excluding hydrogens is 348 g/mol. The van der Waals surface area contributed by atoms with Crippen molar-refractivity contribution in [2.75, 3.05) is 7.11 Å². The minimum atomic E-state index is -0.0823. The Balaban J connectivity index is 2.41. The molecule has 19 heavy (non-hydrogen) atoms. The Hall–Kier alpha value is -0.590. The lowest BCUT2D eigenvalue weighted by atomic mass is 10.1. The number of hydrazine groups is 1. The Bertz CT molecular complexity index is 569. The fraction of sp³-hybridized carbons (Fsp3) is 0.231. The van der Waals surface area contributed by atoms with Gasteiger partial charge in [0.25, 0.3) is 0 Å². The summed E-state index contributed by atoms with van der Waals surface area (Å²) >= 11 is 11.2. The number of nitrogens with one attached hydrogen (secondary N) is 1. The van der Waals surface area contributed by atoms with Crippen LogP contribution in [0, 0.1) is 6.92 Å². The molecule has 0 amide bonds. The van der Waals surface area contributed by atoms with Gasteiger partial charge < -0.3 is 4.74 Å². The number of halogens is 2. The highest BCUT2D eigenvalue weighted by atomic mass is 79.9. The van der Waals surface area contributed by atoms with Crippen LogP contribution in [0.25, 0.3) is 0 Å². The van der Waals surface area contributed by atoms with Gasteiger partial charge >= 0.3 is 0 Å². The molecule has 1 aromatic carbocycles. The molecule has 0 spiro atoms. The van der Waals surface area contributed by atoms with Gasteiger partial charge in [0.15, 0.2) is 0 Å². The zero-order valence-electron chi connectivity index (χ0n) is 10.5. The minimum absolute atomic E-state index is 0.0823. The van der Waals surface area contributed by atoms with Gasteiger partial charge in [0.05, 0.1) is 22.0 Å². The van der Waals surface area contributed by atoms with Gasteiger partial charge in [-0.15, -0.1) is 11.3 Å². The molecule has 1 atom stereocenters. The van der Waals surface area contributed by atoms with E-state index < -0.39 is 0 Å². The molecule has 2 aromatic rings. The molecule has 3 N–H and O–H groups in total. The van der Waals surface area contributed by atoms with Crippen molar-refractivity contribution >= 4 is 38.9 Å². The second kappa shape index (κ2) is 6.24. The van der Waals surface area contributed by atoms with Crippen molar-refractivity contribution in [1.29, 1.82) is 0 Å². The van der Waals surface area contributed by atoms with E-state index >= 15 is 0 Å². The summed E-state index contributed by atoms with van der Waals surface area (Å²) in [4.78, 5) is 1.14. The van der Waals surface area contributed by atoms with E-state index in [1.165, 1.54) is 5.56 Å². The van der Waals surface area contributed by atoms with Crippen LogP contribution in [0.3, 0.4) is 0 Å². The summed E-state index contributed by atoms with van der Waals surface area (Å²) in [6, 6.07) is 7.69. The molecule has 1 aromatic heterocycles. The van der Waals surface area contributed by atoms with Crippen LogP contribution in [0.4, 0.5) is 0 Å². The molecule has 3 nitrogen and oxygen atoms in total. The summed E-state index contributed by atoms with van der Waals surface area (Å²) in [5.41, 5.74) is 5.04. The van der Waals surface area contributed by atoms with Crippen molar-refractivity contribution in [3.05, 3.63) is 49.1 Å². The number of ether oxygens (including phenoxy) is 1. The van der Waals surface area contributed by atoms with Crippen LogP contribution >= 0.6 is 38.9 Å². The molecule has 102 valence electrons. The lowest BCUT2D eigenvalue weighted by molar-refractivity contribution is 0.414. The Labute approximate surface area is 129 Å². The van der Waals surface area contributed by atoms with Crippen LogP contribution in [0.1, 0.15) is 22.0 Å². The van der Waals surface area contributed by atoms with E-state index in [4.69, 9.17) is 22.2 Å². The second-order valence-electron chi connectivity index (χ2n) is 4.10. The van der Waals surface area contributed by atoms with E-state index in [9.17, 15) is 0 Å². The van der Waals surface area contributed by atoms with Gasteiger partial charge in [0.1, 0.15) is 5.75 Å². The predicted molar refractivity (Wildman–Crippen MR) is 83.9 cm³/mol. The highest BCUT2D eigenvalue weighted by Crippen LogP contribution is 2.36. The maximum Gasteiger partial charge on any atom is 0.137 e. The van der Waals surface area contributed by atoms with E-state index in [0.717, 1.165) is 14.2 Å². The fourth-order valence-corrected chi connectivity index (χ4v) is 3.68. The first kappa shape index (κ1) is 14.8. The molecule has 6 heteroatoms. The summed E-state index contributed by atoms with van der Waals surface area (Å²) in [5, 5.41) is 0.588. The summed E-state index contributed by atoms with van der Waals surface area (Å²) in [7, 11) is 1.60. The number of hydrogen-bond donors (Lipinski definition) is 2. The van der Waals surface area contributed by atoms with E-state index in [-0.39, 0.29) is 6.04 Å². The molecule has 0 bridgehead atoms. The first-order valence-electron chi connectivity index (χ1n) is 5.62. The summed E-state index contributed by atoms with van der Waals surface area (Å²) in [5.74, 6) is 6.34. The summed E-state index contributed by atoms with van der Waals surface area (Å²) in [6.07, 6.45) is 0.